The van der Waals surface area contributed by atoms with Crippen molar-refractivity contribution in [3.05, 3.63) is 35.6 Å². The zero-order chi connectivity index (χ0) is 16.5. The Bertz CT molecular complexity index is 811. The van der Waals surface area contributed by atoms with E-state index in [2.05, 4.69) is 17.1 Å². The van der Waals surface area contributed by atoms with E-state index < -0.39 is 22.7 Å². The minimum Gasteiger partial charge on any atom is -0.311 e. The van der Waals surface area contributed by atoms with Gasteiger partial charge in [-0.05, 0) is 24.6 Å². The van der Waals surface area contributed by atoms with Gasteiger partial charge >= 0.3 is 5.91 Å². The number of fused-ring (bicyclic) bond motifs is 2. The summed E-state index contributed by atoms with van der Waals surface area (Å²) in [5.74, 6) is -2.22. The highest BCUT2D eigenvalue weighted by Gasteiger charge is 2.97. The molecule has 1 aromatic rings. The van der Waals surface area contributed by atoms with Crippen LogP contribution in [0, 0.1) is 39.3 Å². The summed E-state index contributed by atoms with van der Waals surface area (Å²) in [4.78, 5) is 2.88. The Morgan fingerprint density at radius 3 is 2.52 bits per heavy atom. The molecule has 3 aliphatic rings. The molecular weight excluding hydrogens is 299 g/mol. The molecule has 0 bridgehead atoms. The van der Waals surface area contributed by atoms with E-state index in [4.69, 9.17) is 15.2 Å². The summed E-state index contributed by atoms with van der Waals surface area (Å²) < 4.78 is 24.8. The Kier molecular flexibility index (Phi) is 2.51. The third-order valence-electron chi connectivity index (χ3n) is 5.09. The van der Waals surface area contributed by atoms with Gasteiger partial charge in [-0.1, -0.05) is 12.1 Å². The summed E-state index contributed by atoms with van der Waals surface area (Å²) in [7, 11) is 0. The van der Waals surface area contributed by atoms with Gasteiger partial charge in [0, 0.05) is 5.92 Å². The van der Waals surface area contributed by atoms with Crippen molar-refractivity contribution in [1.29, 1.82) is 10.5 Å². The molecule has 1 saturated heterocycles. The van der Waals surface area contributed by atoms with E-state index in [0.29, 0.717) is 12.2 Å². The molecule has 1 aromatic carbocycles. The molecule has 2 heterocycles. The third-order valence-corrected chi connectivity index (χ3v) is 5.09. The average Bonchev–Trinajstić information content (AvgIpc) is 2.92. The topological polar surface area (TPSA) is 106 Å². The van der Waals surface area contributed by atoms with E-state index in [0.717, 1.165) is 0 Å². The third kappa shape index (κ3) is 1.31. The second-order valence-electron chi connectivity index (χ2n) is 6.22. The van der Waals surface area contributed by atoms with Gasteiger partial charge in [-0.25, -0.2) is 9.38 Å². The first-order valence-electron chi connectivity index (χ1n) is 7.28. The van der Waals surface area contributed by atoms with Gasteiger partial charge in [-0.15, -0.1) is 0 Å². The number of ether oxygens (including phenoxy) is 2. The van der Waals surface area contributed by atoms with Crippen molar-refractivity contribution in [1.82, 2.24) is 0 Å². The predicted molar refractivity (Wildman–Crippen MR) is 74.6 cm³/mol. The van der Waals surface area contributed by atoms with E-state index in [9.17, 15) is 14.9 Å². The number of nitrogens with two attached hydrogens (primary N) is 1. The summed E-state index contributed by atoms with van der Waals surface area (Å²) in [6.07, 6.45) is -0.232. The van der Waals surface area contributed by atoms with Crippen LogP contribution in [0.5, 0.6) is 0 Å². The zero-order valence-corrected chi connectivity index (χ0v) is 12.3. The molecule has 7 heteroatoms. The van der Waals surface area contributed by atoms with Crippen molar-refractivity contribution in [3.8, 4) is 12.1 Å². The maximum absolute atomic E-state index is 13.2. The molecule has 0 unspecified atom stereocenters. The molecule has 1 saturated carbocycles. The number of rotatable bonds is 1. The molecule has 2 fully saturated rings. The quantitative estimate of drug-likeness (QED) is 0.726. The van der Waals surface area contributed by atoms with Crippen molar-refractivity contribution < 1.29 is 18.9 Å². The molecule has 6 nitrogen and oxygen atoms in total. The molecule has 4 rings (SSSR count). The van der Waals surface area contributed by atoms with Crippen LogP contribution in [-0.4, -0.2) is 24.5 Å². The van der Waals surface area contributed by atoms with Crippen molar-refractivity contribution >= 4 is 5.84 Å². The Morgan fingerprint density at radius 1 is 1.30 bits per heavy atom. The summed E-state index contributed by atoms with van der Waals surface area (Å²) in [5.41, 5.74) is 4.17. The van der Waals surface area contributed by atoms with Gasteiger partial charge in [0.2, 0.25) is 0 Å². The molecular formula is C16H14FN4O2+. The maximum atomic E-state index is 13.2. The normalized spacial score (nSPS) is 43.6. The van der Waals surface area contributed by atoms with Crippen molar-refractivity contribution in [2.75, 3.05) is 6.61 Å². The molecule has 0 radical (unpaired) electrons. The van der Waals surface area contributed by atoms with E-state index in [1.54, 1.807) is 12.1 Å². The summed E-state index contributed by atoms with van der Waals surface area (Å²) in [6.45, 7) is 2.11. The first kappa shape index (κ1) is 14.1. The van der Waals surface area contributed by atoms with Gasteiger partial charge < -0.3 is 9.47 Å². The van der Waals surface area contributed by atoms with Crippen LogP contribution < -0.4 is 10.7 Å². The van der Waals surface area contributed by atoms with Gasteiger partial charge in [-0.3, -0.25) is 5.73 Å². The lowest BCUT2D eigenvalue weighted by Crippen LogP contribution is -2.90. The monoisotopic (exact) mass is 313 g/mol. The molecule has 116 valence electrons. The number of hydrogen-bond acceptors (Lipinski definition) is 5. The van der Waals surface area contributed by atoms with Crippen LogP contribution in [-0.2, 0) is 9.47 Å². The molecule has 1 aliphatic carbocycles. The van der Waals surface area contributed by atoms with E-state index >= 15 is 0 Å². The van der Waals surface area contributed by atoms with Crippen LogP contribution in [0.15, 0.2) is 24.3 Å². The molecule has 5 atom stereocenters. The molecule has 3 N–H and O–H groups in total. The van der Waals surface area contributed by atoms with E-state index in [-0.39, 0.29) is 17.8 Å². The smallest absolute Gasteiger partial charge is 0.311 e. The second kappa shape index (κ2) is 4.08. The number of amidine groups is 1. The highest BCUT2D eigenvalue weighted by molar-refractivity contribution is 5.95. The lowest BCUT2D eigenvalue weighted by Gasteiger charge is -2.23. The molecule has 23 heavy (non-hydrogen) atoms. The van der Waals surface area contributed by atoms with Gasteiger partial charge in [0.05, 0.1) is 24.8 Å². The van der Waals surface area contributed by atoms with Crippen LogP contribution in [0.25, 0.3) is 0 Å². The van der Waals surface area contributed by atoms with E-state index in [1.807, 2.05) is 6.92 Å². The minimum absolute atomic E-state index is 0.157. The predicted octanol–water partition coefficient (Wildman–Crippen LogP) is -0.517. The molecule has 0 amide bonds. The largest absolute Gasteiger partial charge is 0.343 e. The fourth-order valence-electron chi connectivity index (χ4n) is 4.12. The van der Waals surface area contributed by atoms with E-state index in [1.165, 1.54) is 12.1 Å². The van der Waals surface area contributed by atoms with Crippen LogP contribution >= 0.6 is 0 Å². The fraction of sp³-hybridized carbons (Fsp3) is 0.438. The van der Waals surface area contributed by atoms with Gasteiger partial charge in [0.1, 0.15) is 5.82 Å². The standard InChI is InChI=1S/C16H13FN4O2/c1-9-6-22-16(23-9)15(8-19)12(10-2-4-11(17)5-3-10)14(15,7-18)13(20)21-16/h2-5,9,12H,6H2,1H3,(H2,20,21)/p+1/t9-,12-,14-,15-,16-/m1/s1. The average molecular weight is 313 g/mol. The van der Waals surface area contributed by atoms with Crippen LogP contribution in [0.1, 0.15) is 18.4 Å². The van der Waals surface area contributed by atoms with Crippen LogP contribution in [0.3, 0.4) is 0 Å². The number of nitrogens with one attached hydrogen (secondary N) is 1. The maximum Gasteiger partial charge on any atom is 0.343 e. The lowest BCUT2D eigenvalue weighted by atomic mass is 9.94. The number of benzene rings is 1. The summed E-state index contributed by atoms with van der Waals surface area (Å²) >= 11 is 0. The molecule has 1 spiro atoms. The fourth-order valence-corrected chi connectivity index (χ4v) is 4.12. The van der Waals surface area contributed by atoms with Gasteiger partial charge in [0.15, 0.2) is 10.8 Å². The Balaban J connectivity index is 1.91. The van der Waals surface area contributed by atoms with Crippen molar-refractivity contribution in [2.45, 2.75) is 24.9 Å². The molecule has 0 aromatic heterocycles. The Hall–Kier alpha value is -2.48. The summed E-state index contributed by atoms with van der Waals surface area (Å²) in [6, 6.07) is 10.1. The first-order valence-corrected chi connectivity index (χ1v) is 7.28. The summed E-state index contributed by atoms with van der Waals surface area (Å²) in [5, 5.41) is 19.7. The zero-order valence-electron chi connectivity index (χ0n) is 12.3. The molecule has 2 aliphatic heterocycles. The van der Waals surface area contributed by atoms with Gasteiger partial charge in [0.25, 0.3) is 5.84 Å². The number of nitrogens with zero attached hydrogens (tertiary/aromatic N) is 2. The number of hydrogen-bond donors (Lipinski definition) is 2. The van der Waals surface area contributed by atoms with Crippen molar-refractivity contribution in [2.24, 2.45) is 16.6 Å². The van der Waals surface area contributed by atoms with Crippen LogP contribution in [0.2, 0.25) is 0 Å². The minimum atomic E-state index is -1.44. The number of nitriles is 2. The lowest BCUT2D eigenvalue weighted by molar-refractivity contribution is -0.677. The van der Waals surface area contributed by atoms with Crippen molar-refractivity contribution in [3.63, 3.8) is 0 Å². The Morgan fingerprint density at radius 2 is 2.00 bits per heavy atom. The number of halogens is 1. The second-order valence-corrected chi connectivity index (χ2v) is 6.22. The Labute approximate surface area is 131 Å². The first-order chi connectivity index (χ1) is 11.0. The highest BCUT2D eigenvalue weighted by Crippen LogP contribution is 2.79. The van der Waals surface area contributed by atoms with Crippen LogP contribution in [0.4, 0.5) is 4.39 Å². The SMILES string of the molecule is C[C@@H]1CO[C@@]2([NH+]=C(N)[C@@]3(C#N)[C@@H](c4ccc(F)cc4)[C@@]23C#N)O1. The van der Waals surface area contributed by atoms with Gasteiger partial charge in [-0.2, -0.15) is 10.5 Å². The highest BCUT2D eigenvalue weighted by atomic mass is 19.1.